The third kappa shape index (κ3) is 3.27. The lowest BCUT2D eigenvalue weighted by Crippen LogP contribution is -1.88. The summed E-state index contributed by atoms with van der Waals surface area (Å²) in [6, 6.07) is 19.3. The van der Waals surface area contributed by atoms with E-state index in [0.29, 0.717) is 11.3 Å². The van der Waals surface area contributed by atoms with E-state index in [9.17, 15) is 5.11 Å². The number of nitrogens with one attached hydrogen (secondary N) is 1. The topological polar surface area (TPSA) is 70.5 Å². The van der Waals surface area contributed by atoms with E-state index in [2.05, 4.69) is 15.0 Å². The fourth-order valence-electron chi connectivity index (χ4n) is 2.93. The van der Waals surface area contributed by atoms with Gasteiger partial charge in [-0.2, -0.15) is 0 Å². The molecule has 1 heterocycles. The maximum absolute atomic E-state index is 10.2. The summed E-state index contributed by atoms with van der Waals surface area (Å²) < 4.78 is 5.14. The summed E-state index contributed by atoms with van der Waals surface area (Å²) in [5, 5.41) is 10.2. The molecule has 5 nitrogen and oxygen atoms in total. The van der Waals surface area contributed by atoms with Gasteiger partial charge in [0.1, 0.15) is 5.82 Å². The van der Waals surface area contributed by atoms with Gasteiger partial charge in [0, 0.05) is 17.3 Å². The smallest absolute Gasteiger partial charge is 0.166 e. The van der Waals surface area contributed by atoms with Gasteiger partial charge in [0.05, 0.1) is 23.8 Å². The number of nitrogens with zero attached hydrogens (tertiary/aromatic N) is 2. The average Bonchev–Trinajstić information content (AvgIpc) is 3.12. The van der Waals surface area contributed by atoms with Crippen LogP contribution in [-0.2, 0) is 0 Å². The number of methoxy groups -OCH3 is 1. The molecule has 134 valence electrons. The molecule has 0 amide bonds. The van der Waals surface area contributed by atoms with Gasteiger partial charge in [0.2, 0.25) is 0 Å². The standard InChI is InChI=1S/C22H19N3O2/c1-14-10-11-15(22-24-17-7-3-4-8-18(17)25-22)12-19(14)23-13-16-6-5-9-20(27-2)21(16)26/h3-13,26H,1-2H3,(H,24,25). The first-order valence-electron chi connectivity index (χ1n) is 8.61. The molecule has 0 bridgehead atoms. The van der Waals surface area contributed by atoms with Crippen molar-refractivity contribution >= 4 is 22.9 Å². The first kappa shape index (κ1) is 16.8. The van der Waals surface area contributed by atoms with Gasteiger partial charge >= 0.3 is 0 Å². The Balaban J connectivity index is 1.71. The Bertz CT molecular complexity index is 1110. The van der Waals surface area contributed by atoms with Crippen LogP contribution in [0.1, 0.15) is 11.1 Å². The van der Waals surface area contributed by atoms with Crippen LogP contribution >= 0.6 is 0 Å². The molecule has 0 radical (unpaired) electrons. The Morgan fingerprint density at radius 1 is 1.07 bits per heavy atom. The van der Waals surface area contributed by atoms with Crippen molar-refractivity contribution in [2.24, 2.45) is 4.99 Å². The summed E-state index contributed by atoms with van der Waals surface area (Å²) in [6.45, 7) is 2.00. The number of para-hydroxylation sites is 3. The highest BCUT2D eigenvalue weighted by molar-refractivity contribution is 5.87. The van der Waals surface area contributed by atoms with Crippen LogP contribution in [-0.4, -0.2) is 28.4 Å². The molecule has 4 rings (SSSR count). The van der Waals surface area contributed by atoms with Gasteiger partial charge in [-0.1, -0.05) is 30.3 Å². The molecule has 0 aliphatic rings. The molecule has 0 atom stereocenters. The largest absolute Gasteiger partial charge is 0.504 e. The third-order valence-corrected chi connectivity index (χ3v) is 4.46. The second-order valence-corrected chi connectivity index (χ2v) is 6.26. The first-order chi connectivity index (χ1) is 13.2. The number of hydrogen-bond acceptors (Lipinski definition) is 4. The second-order valence-electron chi connectivity index (χ2n) is 6.26. The van der Waals surface area contributed by atoms with E-state index < -0.39 is 0 Å². The van der Waals surface area contributed by atoms with Gasteiger partial charge < -0.3 is 14.8 Å². The van der Waals surface area contributed by atoms with Crippen LogP contribution in [0.3, 0.4) is 0 Å². The fraction of sp³-hybridized carbons (Fsp3) is 0.0909. The lowest BCUT2D eigenvalue weighted by molar-refractivity contribution is 0.373. The zero-order chi connectivity index (χ0) is 18.8. The summed E-state index contributed by atoms with van der Waals surface area (Å²) in [5.74, 6) is 1.30. The van der Waals surface area contributed by atoms with Crippen LogP contribution in [0.5, 0.6) is 11.5 Å². The van der Waals surface area contributed by atoms with Gasteiger partial charge in [-0.15, -0.1) is 0 Å². The van der Waals surface area contributed by atoms with E-state index in [4.69, 9.17) is 4.74 Å². The molecule has 5 heteroatoms. The summed E-state index contributed by atoms with van der Waals surface area (Å²) in [6.07, 6.45) is 1.64. The number of imidazole rings is 1. The molecule has 1 aromatic heterocycles. The van der Waals surface area contributed by atoms with Gasteiger partial charge in [-0.3, -0.25) is 4.99 Å². The number of ether oxygens (including phenoxy) is 1. The Labute approximate surface area is 157 Å². The number of aliphatic imine (C=N–C) groups is 1. The van der Waals surface area contributed by atoms with Crippen molar-refractivity contribution in [1.82, 2.24) is 9.97 Å². The quantitative estimate of drug-likeness (QED) is 0.505. The van der Waals surface area contributed by atoms with Crippen molar-refractivity contribution in [3.63, 3.8) is 0 Å². The Morgan fingerprint density at radius 3 is 2.74 bits per heavy atom. The molecule has 27 heavy (non-hydrogen) atoms. The summed E-state index contributed by atoms with van der Waals surface area (Å²) >= 11 is 0. The highest BCUT2D eigenvalue weighted by atomic mass is 16.5. The van der Waals surface area contributed by atoms with E-state index in [-0.39, 0.29) is 5.75 Å². The second kappa shape index (κ2) is 6.96. The minimum absolute atomic E-state index is 0.0786. The monoisotopic (exact) mass is 357 g/mol. The molecule has 4 aromatic rings. The highest BCUT2D eigenvalue weighted by Crippen LogP contribution is 2.30. The number of aryl methyl sites for hydroxylation is 1. The molecule has 2 N–H and O–H groups in total. The predicted octanol–water partition coefficient (Wildman–Crippen LogP) is 5.00. The molecule has 0 fully saturated rings. The third-order valence-electron chi connectivity index (χ3n) is 4.46. The van der Waals surface area contributed by atoms with Crippen LogP contribution in [0.2, 0.25) is 0 Å². The average molecular weight is 357 g/mol. The van der Waals surface area contributed by atoms with Crippen molar-refractivity contribution in [3.8, 4) is 22.9 Å². The normalized spacial score (nSPS) is 11.3. The van der Waals surface area contributed by atoms with Crippen LogP contribution in [0.25, 0.3) is 22.4 Å². The molecule has 3 aromatic carbocycles. The number of aromatic amines is 1. The van der Waals surface area contributed by atoms with Crippen molar-refractivity contribution < 1.29 is 9.84 Å². The van der Waals surface area contributed by atoms with E-state index in [1.54, 1.807) is 18.3 Å². The Hall–Kier alpha value is -3.60. The van der Waals surface area contributed by atoms with Gasteiger partial charge in [0.15, 0.2) is 11.5 Å². The molecular formula is C22H19N3O2. The maximum atomic E-state index is 10.2. The summed E-state index contributed by atoms with van der Waals surface area (Å²) in [5.41, 5.74) is 5.34. The Morgan fingerprint density at radius 2 is 1.93 bits per heavy atom. The zero-order valence-corrected chi connectivity index (χ0v) is 15.1. The van der Waals surface area contributed by atoms with Crippen LogP contribution in [0, 0.1) is 6.92 Å². The number of aromatic hydroxyl groups is 1. The lowest BCUT2D eigenvalue weighted by atomic mass is 10.1. The number of rotatable bonds is 4. The Kier molecular flexibility index (Phi) is 4.34. The zero-order valence-electron chi connectivity index (χ0n) is 15.1. The van der Waals surface area contributed by atoms with Crippen molar-refractivity contribution in [2.75, 3.05) is 7.11 Å². The SMILES string of the molecule is COc1cccc(C=Nc2cc(-c3nc4ccccc4[nH]3)ccc2C)c1O. The number of H-pyrrole nitrogens is 1. The van der Waals surface area contributed by atoms with E-state index >= 15 is 0 Å². The summed E-state index contributed by atoms with van der Waals surface area (Å²) in [4.78, 5) is 12.6. The molecule has 0 saturated heterocycles. The van der Waals surface area contributed by atoms with Gasteiger partial charge in [-0.05, 0) is 42.8 Å². The molecule has 0 aliphatic carbocycles. The number of fused-ring (bicyclic) bond motifs is 1. The number of phenolic OH excluding ortho intramolecular Hbond substituents is 1. The molecule has 0 unspecified atom stereocenters. The van der Waals surface area contributed by atoms with Crippen LogP contribution in [0.15, 0.2) is 65.7 Å². The number of aromatic nitrogens is 2. The minimum Gasteiger partial charge on any atom is -0.504 e. The maximum Gasteiger partial charge on any atom is 0.166 e. The van der Waals surface area contributed by atoms with Gasteiger partial charge in [-0.25, -0.2) is 4.98 Å². The molecule has 0 aliphatic heterocycles. The highest BCUT2D eigenvalue weighted by Gasteiger charge is 2.08. The van der Waals surface area contributed by atoms with E-state index in [1.165, 1.54) is 7.11 Å². The van der Waals surface area contributed by atoms with Crippen molar-refractivity contribution in [2.45, 2.75) is 6.92 Å². The van der Waals surface area contributed by atoms with E-state index in [1.807, 2.05) is 55.5 Å². The first-order valence-corrected chi connectivity index (χ1v) is 8.61. The van der Waals surface area contributed by atoms with Crippen molar-refractivity contribution in [3.05, 3.63) is 71.8 Å². The molecular weight excluding hydrogens is 338 g/mol. The number of hydrogen-bond donors (Lipinski definition) is 2. The lowest BCUT2D eigenvalue weighted by Gasteiger charge is -2.06. The van der Waals surface area contributed by atoms with Crippen LogP contribution < -0.4 is 4.74 Å². The van der Waals surface area contributed by atoms with Crippen molar-refractivity contribution in [1.29, 1.82) is 0 Å². The van der Waals surface area contributed by atoms with E-state index in [0.717, 1.165) is 33.7 Å². The number of benzene rings is 3. The summed E-state index contributed by atoms with van der Waals surface area (Å²) in [7, 11) is 1.52. The fourth-order valence-corrected chi connectivity index (χ4v) is 2.93. The van der Waals surface area contributed by atoms with Crippen LogP contribution in [0.4, 0.5) is 5.69 Å². The molecule has 0 saturated carbocycles. The minimum atomic E-state index is 0.0786. The predicted molar refractivity (Wildman–Crippen MR) is 108 cm³/mol. The molecule has 0 spiro atoms. The number of phenols is 1. The van der Waals surface area contributed by atoms with Gasteiger partial charge in [0.25, 0.3) is 0 Å².